The average Bonchev–Trinajstić information content (AvgIpc) is 2.17. The van der Waals surface area contributed by atoms with Crippen LogP contribution in [0.25, 0.3) is 0 Å². The zero-order valence-corrected chi connectivity index (χ0v) is 8.91. The summed E-state index contributed by atoms with van der Waals surface area (Å²) in [6.07, 6.45) is 3.29. The van der Waals surface area contributed by atoms with Crippen LogP contribution in [0.4, 0.5) is 0 Å². The molecule has 0 atom stereocenters. The van der Waals surface area contributed by atoms with Crippen LogP contribution in [0, 0.1) is 10.8 Å². The normalized spacial score (nSPS) is 37.9. The summed E-state index contributed by atoms with van der Waals surface area (Å²) >= 11 is 0. The van der Waals surface area contributed by atoms with Crippen molar-refractivity contribution in [3.8, 4) is 0 Å². The summed E-state index contributed by atoms with van der Waals surface area (Å²) in [7, 11) is 0. The molecule has 0 saturated heterocycles. The lowest BCUT2D eigenvalue weighted by molar-refractivity contribution is -0.193. The first-order valence-corrected chi connectivity index (χ1v) is 5.45. The topological polar surface area (TPSA) is 63.6 Å². The Bertz CT molecular complexity index is 302. The van der Waals surface area contributed by atoms with Crippen molar-refractivity contribution < 1.29 is 19.4 Å². The van der Waals surface area contributed by atoms with Crippen molar-refractivity contribution in [3.05, 3.63) is 0 Å². The molecule has 15 heavy (non-hydrogen) atoms. The number of carboxylic acid groups (broad SMARTS) is 1. The zero-order valence-electron chi connectivity index (χ0n) is 8.91. The Balaban J connectivity index is 2.10. The number of carbonyl (C=O) groups is 2. The molecule has 3 rings (SSSR count). The van der Waals surface area contributed by atoms with E-state index in [9.17, 15) is 9.59 Å². The van der Waals surface area contributed by atoms with Gasteiger partial charge in [-0.05, 0) is 32.6 Å². The average molecular weight is 212 g/mol. The van der Waals surface area contributed by atoms with Gasteiger partial charge < -0.3 is 9.84 Å². The third-order valence-corrected chi connectivity index (χ3v) is 3.83. The van der Waals surface area contributed by atoms with Gasteiger partial charge in [-0.2, -0.15) is 0 Å². The van der Waals surface area contributed by atoms with Crippen molar-refractivity contribution in [1.29, 1.82) is 0 Å². The summed E-state index contributed by atoms with van der Waals surface area (Å²) in [4.78, 5) is 22.8. The molecule has 0 unspecified atom stereocenters. The predicted octanol–water partition coefficient (Wildman–Crippen LogP) is 1.58. The molecule has 2 bridgehead atoms. The van der Waals surface area contributed by atoms with Gasteiger partial charge in [-0.1, -0.05) is 6.42 Å². The highest BCUT2D eigenvalue weighted by Crippen LogP contribution is 2.64. The van der Waals surface area contributed by atoms with E-state index < -0.39 is 16.8 Å². The number of carbonyl (C=O) groups excluding carboxylic acids is 1. The third-order valence-electron chi connectivity index (χ3n) is 3.83. The molecule has 0 heterocycles. The molecular formula is C11H16O4. The molecule has 0 aromatic heterocycles. The lowest BCUT2D eigenvalue weighted by atomic mass is 9.46. The minimum atomic E-state index is -0.748. The van der Waals surface area contributed by atoms with Gasteiger partial charge in [0.1, 0.15) is 0 Å². The van der Waals surface area contributed by atoms with Gasteiger partial charge in [-0.15, -0.1) is 0 Å². The fourth-order valence-corrected chi connectivity index (χ4v) is 3.15. The van der Waals surface area contributed by atoms with Gasteiger partial charge in [-0.25, -0.2) is 0 Å². The quantitative estimate of drug-likeness (QED) is 0.721. The van der Waals surface area contributed by atoms with Gasteiger partial charge in [0.15, 0.2) is 0 Å². The summed E-state index contributed by atoms with van der Waals surface area (Å²) in [6.45, 7) is 2.15. The molecule has 3 aliphatic rings. The molecule has 0 spiro atoms. The molecule has 3 aliphatic carbocycles. The molecule has 0 aliphatic heterocycles. The Morgan fingerprint density at radius 1 is 1.27 bits per heavy atom. The van der Waals surface area contributed by atoms with E-state index in [2.05, 4.69) is 0 Å². The minimum absolute atomic E-state index is 0.193. The maximum atomic E-state index is 11.7. The van der Waals surface area contributed by atoms with Crippen LogP contribution in [0.1, 0.15) is 39.0 Å². The first kappa shape index (κ1) is 10.5. The van der Waals surface area contributed by atoms with Gasteiger partial charge in [0.05, 0.1) is 17.4 Å². The maximum Gasteiger partial charge on any atom is 0.312 e. The van der Waals surface area contributed by atoms with Crippen LogP contribution in [-0.2, 0) is 14.3 Å². The van der Waals surface area contributed by atoms with E-state index in [0.717, 1.165) is 12.8 Å². The van der Waals surface area contributed by atoms with Crippen LogP contribution in [0.2, 0.25) is 0 Å². The Morgan fingerprint density at radius 3 is 2.40 bits per heavy atom. The van der Waals surface area contributed by atoms with E-state index in [-0.39, 0.29) is 5.97 Å². The van der Waals surface area contributed by atoms with E-state index in [4.69, 9.17) is 9.84 Å². The van der Waals surface area contributed by atoms with Crippen LogP contribution in [0.5, 0.6) is 0 Å². The van der Waals surface area contributed by atoms with Gasteiger partial charge in [0.2, 0.25) is 0 Å². The van der Waals surface area contributed by atoms with E-state index in [1.165, 1.54) is 0 Å². The van der Waals surface area contributed by atoms with Gasteiger partial charge in [-0.3, -0.25) is 9.59 Å². The SMILES string of the molecule is CCOC(=O)C12CCCC(C(=O)O)(C1)C2. The molecule has 3 fully saturated rings. The second-order valence-corrected chi connectivity index (χ2v) is 4.79. The lowest BCUT2D eigenvalue weighted by Crippen LogP contribution is -2.58. The van der Waals surface area contributed by atoms with Gasteiger partial charge in [0, 0.05) is 0 Å². The lowest BCUT2D eigenvalue weighted by Gasteiger charge is -2.56. The molecule has 3 saturated carbocycles. The van der Waals surface area contributed by atoms with Crippen molar-refractivity contribution in [2.24, 2.45) is 10.8 Å². The first-order valence-electron chi connectivity index (χ1n) is 5.45. The monoisotopic (exact) mass is 212 g/mol. The smallest absolute Gasteiger partial charge is 0.312 e. The maximum absolute atomic E-state index is 11.7. The number of ether oxygens (including phenoxy) is 1. The van der Waals surface area contributed by atoms with E-state index in [0.29, 0.717) is 25.9 Å². The molecular weight excluding hydrogens is 196 g/mol. The first-order chi connectivity index (χ1) is 7.05. The summed E-state index contributed by atoms with van der Waals surface area (Å²) in [5.74, 6) is -0.941. The highest BCUT2D eigenvalue weighted by molar-refractivity contribution is 5.85. The van der Waals surface area contributed by atoms with Gasteiger partial charge >= 0.3 is 11.9 Å². The third kappa shape index (κ3) is 1.34. The van der Waals surface area contributed by atoms with Crippen LogP contribution in [0.3, 0.4) is 0 Å². The molecule has 0 aromatic rings. The Morgan fingerprint density at radius 2 is 1.87 bits per heavy atom. The predicted molar refractivity (Wildman–Crippen MR) is 52.2 cm³/mol. The second kappa shape index (κ2) is 3.22. The Hall–Kier alpha value is -1.06. The highest BCUT2D eigenvalue weighted by atomic mass is 16.5. The summed E-state index contributed by atoms with van der Waals surface area (Å²) in [6, 6.07) is 0. The highest BCUT2D eigenvalue weighted by Gasteiger charge is 2.65. The number of hydrogen-bond donors (Lipinski definition) is 1. The van der Waals surface area contributed by atoms with Crippen LogP contribution < -0.4 is 0 Å². The van der Waals surface area contributed by atoms with Crippen molar-refractivity contribution >= 4 is 11.9 Å². The van der Waals surface area contributed by atoms with Crippen molar-refractivity contribution in [1.82, 2.24) is 0 Å². The number of esters is 1. The van der Waals surface area contributed by atoms with Gasteiger partial charge in [0.25, 0.3) is 0 Å². The summed E-state index contributed by atoms with van der Waals surface area (Å²) in [5, 5.41) is 9.11. The summed E-state index contributed by atoms with van der Waals surface area (Å²) < 4.78 is 5.02. The summed E-state index contributed by atoms with van der Waals surface area (Å²) in [5.41, 5.74) is -1.09. The Kier molecular flexibility index (Phi) is 2.24. The number of aliphatic carboxylic acids is 1. The van der Waals surface area contributed by atoms with Crippen LogP contribution >= 0.6 is 0 Å². The largest absolute Gasteiger partial charge is 0.481 e. The van der Waals surface area contributed by atoms with E-state index in [1.807, 2.05) is 0 Å². The molecule has 0 radical (unpaired) electrons. The Labute approximate surface area is 88.6 Å². The van der Waals surface area contributed by atoms with E-state index >= 15 is 0 Å². The molecule has 4 nitrogen and oxygen atoms in total. The standard InChI is InChI=1S/C11H16O4/c1-2-15-9(14)11-5-3-4-10(6-11,7-11)8(12)13/h2-7H2,1H3,(H,12,13). The molecule has 84 valence electrons. The number of fused-ring (bicyclic) bond motifs is 2. The minimum Gasteiger partial charge on any atom is -0.481 e. The van der Waals surface area contributed by atoms with Crippen molar-refractivity contribution in [2.45, 2.75) is 39.0 Å². The van der Waals surface area contributed by atoms with Crippen LogP contribution in [0.15, 0.2) is 0 Å². The van der Waals surface area contributed by atoms with Crippen molar-refractivity contribution in [2.75, 3.05) is 6.61 Å². The van der Waals surface area contributed by atoms with Crippen LogP contribution in [-0.4, -0.2) is 23.7 Å². The molecule has 1 N–H and O–H groups in total. The van der Waals surface area contributed by atoms with Crippen molar-refractivity contribution in [3.63, 3.8) is 0 Å². The van der Waals surface area contributed by atoms with E-state index in [1.54, 1.807) is 6.92 Å². The zero-order chi connectivity index (χ0) is 11.1. The number of carboxylic acids is 1. The molecule has 0 aromatic carbocycles. The second-order valence-electron chi connectivity index (χ2n) is 4.79. The number of hydrogen-bond acceptors (Lipinski definition) is 3. The molecule has 0 amide bonds. The fraction of sp³-hybridized carbons (Fsp3) is 0.818. The fourth-order valence-electron chi connectivity index (χ4n) is 3.15. The molecule has 4 heteroatoms. The number of rotatable bonds is 3.